The first-order chi connectivity index (χ1) is 9.22. The predicted molar refractivity (Wildman–Crippen MR) is 74.0 cm³/mol. The third-order valence-corrected chi connectivity index (χ3v) is 3.31. The van der Waals surface area contributed by atoms with Crippen LogP contribution in [0.3, 0.4) is 0 Å². The van der Waals surface area contributed by atoms with E-state index in [1.807, 2.05) is 23.9 Å². The van der Waals surface area contributed by atoms with Crippen LogP contribution in [0.4, 0.5) is 16.0 Å². The van der Waals surface area contributed by atoms with Gasteiger partial charge in [0, 0.05) is 23.7 Å². The minimum absolute atomic E-state index is 0.293. The van der Waals surface area contributed by atoms with Crippen molar-refractivity contribution in [3.05, 3.63) is 46.9 Å². The summed E-state index contributed by atoms with van der Waals surface area (Å²) in [7, 11) is 1.83. The van der Waals surface area contributed by atoms with Crippen molar-refractivity contribution in [1.29, 1.82) is 0 Å². The highest BCUT2D eigenvalue weighted by molar-refractivity contribution is 7.08. The first-order valence-electron chi connectivity index (χ1n) is 5.68. The minimum atomic E-state index is -0.293. The lowest BCUT2D eigenvalue weighted by molar-refractivity contribution is 0.628. The predicted octanol–water partition coefficient (Wildman–Crippen LogP) is 3.43. The molecule has 0 aliphatic carbocycles. The van der Waals surface area contributed by atoms with Crippen LogP contribution < -0.4 is 5.32 Å². The Balaban J connectivity index is 1.89. The van der Waals surface area contributed by atoms with Crippen LogP contribution >= 0.6 is 11.3 Å². The number of hydrogen-bond acceptors (Lipinski definition) is 4. The molecule has 0 saturated carbocycles. The largest absolute Gasteiger partial charge is 0.323 e. The second-order valence-electron chi connectivity index (χ2n) is 4.03. The Morgan fingerprint density at radius 3 is 2.95 bits per heavy atom. The molecule has 1 N–H and O–H groups in total. The zero-order valence-corrected chi connectivity index (χ0v) is 11.0. The van der Waals surface area contributed by atoms with Crippen LogP contribution in [0.5, 0.6) is 0 Å². The van der Waals surface area contributed by atoms with Crippen LogP contribution in [0.1, 0.15) is 0 Å². The molecule has 2 aromatic heterocycles. The van der Waals surface area contributed by atoms with Gasteiger partial charge in [-0.05, 0) is 29.6 Å². The van der Waals surface area contributed by atoms with E-state index in [4.69, 9.17) is 0 Å². The van der Waals surface area contributed by atoms with Gasteiger partial charge in [0.2, 0.25) is 5.95 Å². The topological polar surface area (TPSA) is 42.7 Å². The lowest BCUT2D eigenvalue weighted by atomic mass is 10.3. The summed E-state index contributed by atoms with van der Waals surface area (Å²) in [6.07, 6.45) is 0. The normalized spacial score (nSPS) is 10.6. The molecule has 0 radical (unpaired) electrons. The average molecular weight is 274 g/mol. The third kappa shape index (κ3) is 2.48. The Morgan fingerprint density at radius 2 is 2.21 bits per heavy atom. The Morgan fingerprint density at radius 1 is 1.32 bits per heavy atom. The molecule has 2 heterocycles. The number of halogens is 1. The second kappa shape index (κ2) is 4.81. The molecule has 0 aliphatic rings. The van der Waals surface area contributed by atoms with E-state index in [0.29, 0.717) is 11.6 Å². The van der Waals surface area contributed by atoms with Gasteiger partial charge in [-0.1, -0.05) is 6.07 Å². The molecular weight excluding hydrogens is 263 g/mol. The summed E-state index contributed by atoms with van der Waals surface area (Å²) < 4.78 is 14.8. The maximum absolute atomic E-state index is 13.1. The monoisotopic (exact) mass is 274 g/mol. The third-order valence-electron chi connectivity index (χ3n) is 2.62. The number of nitrogens with zero attached hydrogens (tertiary/aromatic N) is 3. The first-order valence-corrected chi connectivity index (χ1v) is 6.63. The Bertz CT molecular complexity index is 690. The highest BCUT2D eigenvalue weighted by Gasteiger charge is 2.09. The van der Waals surface area contributed by atoms with E-state index in [1.165, 1.54) is 12.1 Å². The SMILES string of the molecule is Cn1nc(Nc2cccc(F)c2)nc1-c1ccsc1. The molecule has 0 spiro atoms. The molecule has 0 bridgehead atoms. The Labute approximate surface area is 113 Å². The number of rotatable bonds is 3. The van der Waals surface area contributed by atoms with Crippen molar-refractivity contribution in [2.75, 3.05) is 5.32 Å². The van der Waals surface area contributed by atoms with E-state index in [9.17, 15) is 4.39 Å². The van der Waals surface area contributed by atoms with Crippen LogP contribution in [-0.4, -0.2) is 14.8 Å². The molecule has 3 aromatic rings. The van der Waals surface area contributed by atoms with Crippen LogP contribution in [0.2, 0.25) is 0 Å². The van der Waals surface area contributed by atoms with Crippen molar-refractivity contribution in [1.82, 2.24) is 14.8 Å². The fraction of sp³-hybridized carbons (Fsp3) is 0.0769. The maximum Gasteiger partial charge on any atom is 0.247 e. The summed E-state index contributed by atoms with van der Waals surface area (Å²) in [6, 6.07) is 8.19. The van der Waals surface area contributed by atoms with Gasteiger partial charge < -0.3 is 5.32 Å². The highest BCUT2D eigenvalue weighted by atomic mass is 32.1. The molecule has 6 heteroatoms. The molecule has 19 heavy (non-hydrogen) atoms. The molecule has 0 amide bonds. The lowest BCUT2D eigenvalue weighted by Gasteiger charge is -2.00. The van der Waals surface area contributed by atoms with Gasteiger partial charge in [0.15, 0.2) is 5.82 Å². The van der Waals surface area contributed by atoms with E-state index in [-0.39, 0.29) is 5.82 Å². The van der Waals surface area contributed by atoms with E-state index in [2.05, 4.69) is 15.4 Å². The second-order valence-corrected chi connectivity index (χ2v) is 4.81. The van der Waals surface area contributed by atoms with Gasteiger partial charge >= 0.3 is 0 Å². The number of thiophene rings is 1. The van der Waals surface area contributed by atoms with Crippen LogP contribution in [0.25, 0.3) is 11.4 Å². The first kappa shape index (κ1) is 11.9. The maximum atomic E-state index is 13.1. The zero-order valence-electron chi connectivity index (χ0n) is 10.2. The molecule has 0 aliphatic heterocycles. The van der Waals surface area contributed by atoms with E-state index in [1.54, 1.807) is 28.2 Å². The Hall–Kier alpha value is -2.21. The van der Waals surface area contributed by atoms with Gasteiger partial charge in [0.05, 0.1) is 0 Å². The summed E-state index contributed by atoms with van der Waals surface area (Å²) in [4.78, 5) is 4.40. The number of nitrogens with one attached hydrogen (secondary N) is 1. The molecule has 0 fully saturated rings. The van der Waals surface area contributed by atoms with Crippen LogP contribution in [0.15, 0.2) is 41.1 Å². The molecule has 0 unspecified atom stereocenters. The average Bonchev–Trinajstić information content (AvgIpc) is 2.98. The van der Waals surface area contributed by atoms with Crippen LogP contribution in [0, 0.1) is 5.82 Å². The quantitative estimate of drug-likeness (QED) is 0.795. The summed E-state index contributed by atoms with van der Waals surface area (Å²) in [5.74, 6) is 0.938. The number of aryl methyl sites for hydroxylation is 1. The van der Waals surface area contributed by atoms with E-state index >= 15 is 0 Å². The smallest absolute Gasteiger partial charge is 0.247 e. The van der Waals surface area contributed by atoms with Crippen LogP contribution in [-0.2, 0) is 7.05 Å². The molecule has 96 valence electrons. The van der Waals surface area contributed by atoms with Crippen molar-refractivity contribution in [3.8, 4) is 11.4 Å². The fourth-order valence-electron chi connectivity index (χ4n) is 1.78. The van der Waals surface area contributed by atoms with Crippen molar-refractivity contribution in [3.63, 3.8) is 0 Å². The number of anilines is 2. The van der Waals surface area contributed by atoms with E-state index in [0.717, 1.165) is 11.4 Å². The van der Waals surface area contributed by atoms with Gasteiger partial charge in [-0.3, -0.25) is 0 Å². The molecule has 3 rings (SSSR count). The van der Waals surface area contributed by atoms with E-state index < -0.39 is 0 Å². The van der Waals surface area contributed by atoms with Gasteiger partial charge in [0.25, 0.3) is 0 Å². The summed E-state index contributed by atoms with van der Waals surface area (Å²) >= 11 is 1.61. The van der Waals surface area contributed by atoms with Crippen molar-refractivity contribution in [2.45, 2.75) is 0 Å². The zero-order chi connectivity index (χ0) is 13.2. The van der Waals surface area contributed by atoms with Crippen molar-refractivity contribution in [2.24, 2.45) is 7.05 Å². The van der Waals surface area contributed by atoms with Gasteiger partial charge in [0.1, 0.15) is 5.82 Å². The minimum Gasteiger partial charge on any atom is -0.323 e. The molecule has 1 aromatic carbocycles. The molecule has 0 saturated heterocycles. The number of hydrogen-bond donors (Lipinski definition) is 1. The summed E-state index contributed by atoms with van der Waals surface area (Å²) in [6.45, 7) is 0. The summed E-state index contributed by atoms with van der Waals surface area (Å²) in [5.41, 5.74) is 1.65. The standard InChI is InChI=1S/C13H11FN4S/c1-18-12(9-5-6-19-8-9)16-13(17-18)15-11-4-2-3-10(14)7-11/h2-8H,1H3,(H,15,17). The van der Waals surface area contributed by atoms with Gasteiger partial charge in [-0.2, -0.15) is 16.3 Å². The highest BCUT2D eigenvalue weighted by Crippen LogP contribution is 2.22. The summed E-state index contributed by atoms with van der Waals surface area (Å²) in [5, 5.41) is 11.3. The number of benzene rings is 1. The number of aromatic nitrogens is 3. The van der Waals surface area contributed by atoms with Crippen molar-refractivity contribution < 1.29 is 4.39 Å². The van der Waals surface area contributed by atoms with Gasteiger partial charge in [-0.15, -0.1) is 5.10 Å². The Kier molecular flexibility index (Phi) is 3.00. The lowest BCUT2D eigenvalue weighted by Crippen LogP contribution is -1.95. The molecule has 4 nitrogen and oxygen atoms in total. The van der Waals surface area contributed by atoms with Gasteiger partial charge in [-0.25, -0.2) is 9.07 Å². The fourth-order valence-corrected chi connectivity index (χ4v) is 2.41. The molecular formula is C13H11FN4S. The molecule has 0 atom stereocenters. The van der Waals surface area contributed by atoms with Crippen molar-refractivity contribution >= 4 is 23.0 Å².